The lowest BCUT2D eigenvalue weighted by Gasteiger charge is -2.13. The predicted molar refractivity (Wildman–Crippen MR) is 122 cm³/mol. The van der Waals surface area contributed by atoms with Gasteiger partial charge in [-0.3, -0.25) is 9.11 Å². The summed E-state index contributed by atoms with van der Waals surface area (Å²) >= 11 is 0. The highest BCUT2D eigenvalue weighted by Gasteiger charge is 2.23. The van der Waals surface area contributed by atoms with Crippen LogP contribution in [0.5, 0.6) is 5.75 Å². The lowest BCUT2D eigenvalue weighted by Crippen LogP contribution is -2.06. The molecule has 0 bridgehead atoms. The highest BCUT2D eigenvalue weighted by molar-refractivity contribution is 7.86. The van der Waals surface area contributed by atoms with Crippen molar-refractivity contribution in [2.45, 2.75) is 18.2 Å². The Kier molecular flexibility index (Phi) is 7.00. The molecule has 0 amide bonds. The summed E-state index contributed by atoms with van der Waals surface area (Å²) in [6, 6.07) is 10.9. The molecule has 0 saturated carbocycles. The number of nitrogens with zero attached hydrogens (tertiary/aromatic N) is 2. The summed E-state index contributed by atoms with van der Waals surface area (Å²) in [5, 5.41) is 22.3. The Morgan fingerprint density at radius 3 is 2.24 bits per heavy atom. The van der Waals surface area contributed by atoms with Gasteiger partial charge in [-0.05, 0) is 54.1 Å². The second kappa shape index (κ2) is 9.41. The van der Waals surface area contributed by atoms with Crippen molar-refractivity contribution in [2.75, 3.05) is 19.0 Å². The largest absolute Gasteiger partial charge is 0.505 e. The van der Waals surface area contributed by atoms with Gasteiger partial charge in [-0.25, -0.2) is 4.18 Å². The van der Waals surface area contributed by atoms with Crippen molar-refractivity contribution in [1.29, 1.82) is 0 Å². The van der Waals surface area contributed by atoms with E-state index in [0.29, 0.717) is 27.7 Å². The van der Waals surface area contributed by atoms with E-state index < -0.39 is 36.8 Å². The van der Waals surface area contributed by atoms with E-state index in [1.165, 1.54) is 18.2 Å². The summed E-state index contributed by atoms with van der Waals surface area (Å²) in [6.45, 7) is 1.55. The first-order chi connectivity index (χ1) is 15.4. The first-order valence-electron chi connectivity index (χ1n) is 9.47. The molecular formula is C20H21N3O8S2. The summed E-state index contributed by atoms with van der Waals surface area (Å²) in [4.78, 5) is -0.595. The van der Waals surface area contributed by atoms with E-state index in [1.54, 1.807) is 38.2 Å². The minimum absolute atomic E-state index is 0.196. The highest BCUT2D eigenvalue weighted by atomic mass is 32.3. The van der Waals surface area contributed by atoms with Gasteiger partial charge in [0.15, 0.2) is 5.75 Å². The Balaban J connectivity index is 1.99. The molecule has 0 unspecified atom stereocenters. The molecule has 0 saturated heterocycles. The second-order valence-electron chi connectivity index (χ2n) is 7.07. The van der Waals surface area contributed by atoms with Gasteiger partial charge >= 0.3 is 10.4 Å². The SMILES string of the molecule is CNc1cc(C)cc2cc(S(=O)(=O)O)c(N=Nc3ccc(CCOS(=O)(=O)O)cc3)c(O)c12. The van der Waals surface area contributed by atoms with Crippen molar-refractivity contribution in [1.82, 2.24) is 0 Å². The van der Waals surface area contributed by atoms with E-state index in [-0.39, 0.29) is 13.0 Å². The fourth-order valence-corrected chi connectivity index (χ4v) is 4.18. The molecule has 0 atom stereocenters. The lowest BCUT2D eigenvalue weighted by atomic mass is 10.0. The molecule has 0 spiro atoms. The van der Waals surface area contributed by atoms with Gasteiger partial charge in [0, 0.05) is 18.1 Å². The van der Waals surface area contributed by atoms with Crippen molar-refractivity contribution in [3.63, 3.8) is 0 Å². The number of phenolic OH excluding ortho intramolecular Hbond substituents is 1. The molecule has 3 rings (SSSR count). The van der Waals surface area contributed by atoms with E-state index in [2.05, 4.69) is 19.7 Å². The number of nitrogens with one attached hydrogen (secondary N) is 1. The fraction of sp³-hybridized carbons (Fsp3) is 0.200. The van der Waals surface area contributed by atoms with Gasteiger partial charge in [-0.1, -0.05) is 18.2 Å². The van der Waals surface area contributed by atoms with Crippen LogP contribution in [-0.4, -0.2) is 44.7 Å². The van der Waals surface area contributed by atoms with Crippen molar-refractivity contribution in [3.8, 4) is 5.75 Å². The summed E-state index contributed by atoms with van der Waals surface area (Å²) in [5.74, 6) is -0.466. The second-order valence-corrected chi connectivity index (χ2v) is 9.55. The standard InChI is InChI=1S/C20H21N3O8S2/c1-12-9-14-11-17(32(25,26)27)19(20(24)18(14)16(10-12)21-2)23-22-15-5-3-13(4-6-15)7-8-31-33(28,29)30/h3-6,9-11,21,24H,7-8H2,1-2H3,(H,25,26,27)(H,28,29,30). The van der Waals surface area contributed by atoms with Crippen molar-refractivity contribution in [2.24, 2.45) is 10.2 Å². The zero-order chi connectivity index (χ0) is 24.4. The zero-order valence-electron chi connectivity index (χ0n) is 17.5. The van der Waals surface area contributed by atoms with E-state index in [0.717, 1.165) is 5.56 Å². The molecule has 0 aromatic heterocycles. The monoisotopic (exact) mass is 495 g/mol. The van der Waals surface area contributed by atoms with Crippen LogP contribution in [0.3, 0.4) is 0 Å². The van der Waals surface area contributed by atoms with Crippen LogP contribution in [-0.2, 0) is 31.1 Å². The molecule has 3 aromatic carbocycles. The molecule has 176 valence electrons. The number of hydrogen-bond acceptors (Lipinski definition) is 9. The highest BCUT2D eigenvalue weighted by Crippen LogP contribution is 2.44. The minimum Gasteiger partial charge on any atom is -0.505 e. The smallest absolute Gasteiger partial charge is 0.397 e. The maximum atomic E-state index is 12.0. The van der Waals surface area contributed by atoms with Gasteiger partial charge in [0.05, 0.1) is 12.3 Å². The Morgan fingerprint density at radius 1 is 1.00 bits per heavy atom. The van der Waals surface area contributed by atoms with Crippen LogP contribution in [0, 0.1) is 6.92 Å². The van der Waals surface area contributed by atoms with Crippen LogP contribution in [0.1, 0.15) is 11.1 Å². The molecular weight excluding hydrogens is 474 g/mol. The molecule has 0 fully saturated rings. The van der Waals surface area contributed by atoms with Gasteiger partial charge in [0.1, 0.15) is 10.6 Å². The number of azo groups is 1. The third-order valence-electron chi connectivity index (χ3n) is 4.67. The molecule has 0 aliphatic rings. The number of phenols is 1. The topological polar surface area (TPSA) is 175 Å². The fourth-order valence-electron chi connectivity index (χ4n) is 3.23. The Morgan fingerprint density at radius 2 is 1.67 bits per heavy atom. The Bertz CT molecular complexity index is 1430. The summed E-state index contributed by atoms with van der Waals surface area (Å²) < 4.78 is 67.6. The first-order valence-corrected chi connectivity index (χ1v) is 12.3. The lowest BCUT2D eigenvalue weighted by molar-refractivity contribution is 0.272. The molecule has 0 aliphatic carbocycles. The number of aromatic hydroxyl groups is 1. The van der Waals surface area contributed by atoms with Crippen molar-refractivity contribution >= 4 is 48.4 Å². The molecule has 4 N–H and O–H groups in total. The Labute approximate surface area is 190 Å². The van der Waals surface area contributed by atoms with E-state index in [9.17, 15) is 26.5 Å². The number of fused-ring (bicyclic) bond motifs is 1. The number of benzene rings is 3. The molecule has 3 aromatic rings. The minimum atomic E-state index is -4.73. The average Bonchev–Trinajstić information content (AvgIpc) is 2.71. The van der Waals surface area contributed by atoms with Crippen LogP contribution >= 0.6 is 0 Å². The van der Waals surface area contributed by atoms with Crippen LogP contribution < -0.4 is 5.32 Å². The quantitative estimate of drug-likeness (QED) is 0.266. The third kappa shape index (κ3) is 6.03. The number of rotatable bonds is 8. The molecule has 33 heavy (non-hydrogen) atoms. The number of anilines is 1. The van der Waals surface area contributed by atoms with Gasteiger partial charge in [0.25, 0.3) is 10.1 Å². The Hall–Kier alpha value is -3.10. The zero-order valence-corrected chi connectivity index (χ0v) is 19.2. The van der Waals surface area contributed by atoms with Crippen LogP contribution in [0.15, 0.2) is 57.6 Å². The van der Waals surface area contributed by atoms with E-state index >= 15 is 0 Å². The third-order valence-corrected chi connectivity index (χ3v) is 6.00. The molecule has 0 radical (unpaired) electrons. The first kappa shape index (κ1) is 24.5. The van der Waals surface area contributed by atoms with Crippen molar-refractivity contribution < 1.29 is 35.2 Å². The number of hydrogen-bond donors (Lipinski definition) is 4. The maximum absolute atomic E-state index is 12.0. The van der Waals surface area contributed by atoms with Crippen LogP contribution in [0.2, 0.25) is 0 Å². The normalized spacial score (nSPS) is 12.5. The van der Waals surface area contributed by atoms with Crippen LogP contribution in [0.4, 0.5) is 17.1 Å². The summed E-state index contributed by atoms with van der Waals surface area (Å²) in [6.07, 6.45) is 0.196. The summed E-state index contributed by atoms with van der Waals surface area (Å²) in [5.41, 5.74) is 1.91. The molecule has 0 aliphatic heterocycles. The molecule has 11 nitrogen and oxygen atoms in total. The van der Waals surface area contributed by atoms with Gasteiger partial charge in [0.2, 0.25) is 0 Å². The molecule has 0 heterocycles. The summed E-state index contributed by atoms with van der Waals surface area (Å²) in [7, 11) is -7.60. The molecule has 13 heteroatoms. The van der Waals surface area contributed by atoms with Gasteiger partial charge < -0.3 is 10.4 Å². The van der Waals surface area contributed by atoms with Gasteiger partial charge in [-0.2, -0.15) is 21.9 Å². The average molecular weight is 496 g/mol. The maximum Gasteiger partial charge on any atom is 0.397 e. The van der Waals surface area contributed by atoms with Crippen LogP contribution in [0.25, 0.3) is 10.8 Å². The van der Waals surface area contributed by atoms with E-state index in [4.69, 9.17) is 4.55 Å². The van der Waals surface area contributed by atoms with Gasteiger partial charge in [-0.15, -0.1) is 5.11 Å². The van der Waals surface area contributed by atoms with Crippen molar-refractivity contribution in [3.05, 3.63) is 53.6 Å². The number of aryl methyl sites for hydroxylation is 1. The van der Waals surface area contributed by atoms with E-state index in [1.807, 2.05) is 0 Å². The predicted octanol–water partition coefficient (Wildman–Crippen LogP) is 3.92.